The topological polar surface area (TPSA) is 64.0 Å². The molecule has 0 amide bonds. The number of aromatic nitrogens is 3. The lowest BCUT2D eigenvalue weighted by Gasteiger charge is -2.18. The third-order valence-corrected chi connectivity index (χ3v) is 3.84. The van der Waals surface area contributed by atoms with Gasteiger partial charge in [-0.1, -0.05) is 0 Å². The Morgan fingerprint density at radius 1 is 1.50 bits per heavy atom. The maximum atomic E-state index is 6.06. The van der Waals surface area contributed by atoms with Crippen molar-refractivity contribution in [2.45, 2.75) is 38.6 Å². The van der Waals surface area contributed by atoms with Crippen LogP contribution in [0.1, 0.15) is 18.9 Å². The average molecular weight is 301 g/mol. The maximum absolute atomic E-state index is 6.06. The fraction of sp³-hybridized carbons (Fsp3) is 0.500. The minimum Gasteiger partial charge on any atom is -0.487 e. The lowest BCUT2D eigenvalue weighted by atomic mass is 10.2. The fourth-order valence-electron chi connectivity index (χ4n) is 2.61. The Balaban J connectivity index is 1.55. The largest absolute Gasteiger partial charge is 0.487 e. The van der Waals surface area contributed by atoms with E-state index in [4.69, 9.17) is 4.74 Å². The van der Waals surface area contributed by atoms with Gasteiger partial charge in [-0.3, -0.25) is 9.67 Å². The van der Waals surface area contributed by atoms with Gasteiger partial charge in [0.1, 0.15) is 11.9 Å². The van der Waals surface area contributed by atoms with E-state index in [2.05, 4.69) is 27.6 Å². The quantitative estimate of drug-likeness (QED) is 0.804. The van der Waals surface area contributed by atoms with E-state index in [-0.39, 0.29) is 6.10 Å². The van der Waals surface area contributed by atoms with Gasteiger partial charge in [0.25, 0.3) is 0 Å². The van der Waals surface area contributed by atoms with Gasteiger partial charge < -0.3 is 15.4 Å². The van der Waals surface area contributed by atoms with Crippen LogP contribution in [0.25, 0.3) is 0 Å². The van der Waals surface area contributed by atoms with E-state index < -0.39 is 0 Å². The molecule has 118 valence electrons. The highest BCUT2D eigenvalue weighted by atomic mass is 16.5. The molecule has 0 aliphatic carbocycles. The molecule has 2 N–H and O–H groups in total. The predicted molar refractivity (Wildman–Crippen MR) is 84.7 cm³/mol. The molecule has 1 aliphatic heterocycles. The third kappa shape index (κ3) is 4.05. The molecule has 0 bridgehead atoms. The Kier molecular flexibility index (Phi) is 5.03. The minimum atomic E-state index is 0.254. The van der Waals surface area contributed by atoms with Crippen LogP contribution >= 0.6 is 0 Å². The summed E-state index contributed by atoms with van der Waals surface area (Å²) >= 11 is 0. The van der Waals surface area contributed by atoms with Crippen molar-refractivity contribution in [2.24, 2.45) is 0 Å². The summed E-state index contributed by atoms with van der Waals surface area (Å²) in [7, 11) is 0. The van der Waals surface area contributed by atoms with Crippen molar-refractivity contribution >= 4 is 0 Å². The zero-order valence-electron chi connectivity index (χ0n) is 12.9. The van der Waals surface area contributed by atoms with Crippen molar-refractivity contribution in [2.75, 3.05) is 13.1 Å². The molecule has 2 atom stereocenters. The molecule has 1 unspecified atom stereocenters. The number of rotatable bonds is 7. The van der Waals surface area contributed by atoms with Gasteiger partial charge in [0.05, 0.1) is 12.7 Å². The predicted octanol–water partition coefficient (Wildman–Crippen LogP) is 1.20. The fourth-order valence-corrected chi connectivity index (χ4v) is 2.61. The summed E-state index contributed by atoms with van der Waals surface area (Å²) in [5.41, 5.74) is 1.15. The normalized spacial score (nSPS) is 19.2. The monoisotopic (exact) mass is 301 g/mol. The first-order chi connectivity index (χ1) is 10.8. The highest BCUT2D eigenvalue weighted by molar-refractivity contribution is 5.30. The summed E-state index contributed by atoms with van der Waals surface area (Å²) in [5, 5.41) is 11.1. The molecule has 1 aliphatic rings. The van der Waals surface area contributed by atoms with Gasteiger partial charge in [-0.05, 0) is 32.0 Å². The van der Waals surface area contributed by atoms with Crippen LogP contribution in [0.15, 0.2) is 36.9 Å². The average Bonchev–Trinajstić information content (AvgIpc) is 3.20. The zero-order valence-corrected chi connectivity index (χ0v) is 12.9. The van der Waals surface area contributed by atoms with E-state index >= 15 is 0 Å². The molecular weight excluding hydrogens is 278 g/mol. The van der Waals surface area contributed by atoms with Gasteiger partial charge in [-0.15, -0.1) is 0 Å². The first-order valence-electron chi connectivity index (χ1n) is 7.82. The molecule has 2 aromatic rings. The van der Waals surface area contributed by atoms with Crippen molar-refractivity contribution in [3.05, 3.63) is 42.5 Å². The number of ether oxygens (including phenoxy) is 1. The van der Waals surface area contributed by atoms with E-state index in [0.29, 0.717) is 6.04 Å². The number of nitrogens with one attached hydrogen (secondary N) is 2. The van der Waals surface area contributed by atoms with E-state index in [1.807, 2.05) is 35.4 Å². The first-order valence-corrected chi connectivity index (χ1v) is 7.82. The summed E-state index contributed by atoms with van der Waals surface area (Å²) in [6.07, 6.45) is 8.72. The van der Waals surface area contributed by atoms with Gasteiger partial charge in [0, 0.05) is 43.3 Å². The number of hydrogen-bond acceptors (Lipinski definition) is 5. The second-order valence-electron chi connectivity index (χ2n) is 5.73. The van der Waals surface area contributed by atoms with E-state index in [1.165, 1.54) is 0 Å². The lowest BCUT2D eigenvalue weighted by Crippen LogP contribution is -2.30. The summed E-state index contributed by atoms with van der Waals surface area (Å²) in [6.45, 7) is 5.71. The van der Waals surface area contributed by atoms with Crippen LogP contribution in [-0.4, -0.2) is 40.0 Å². The molecule has 0 radical (unpaired) electrons. The van der Waals surface area contributed by atoms with Gasteiger partial charge in [0.15, 0.2) is 0 Å². The lowest BCUT2D eigenvalue weighted by molar-refractivity contribution is 0.219. The third-order valence-electron chi connectivity index (χ3n) is 3.84. The molecule has 22 heavy (non-hydrogen) atoms. The Bertz CT molecular complexity index is 566. The molecule has 3 heterocycles. The summed E-state index contributed by atoms with van der Waals surface area (Å²) in [6, 6.07) is 4.29. The molecule has 3 rings (SSSR count). The highest BCUT2D eigenvalue weighted by Gasteiger charge is 2.17. The van der Waals surface area contributed by atoms with Crippen LogP contribution < -0.4 is 15.4 Å². The van der Waals surface area contributed by atoms with E-state index in [0.717, 1.165) is 43.9 Å². The van der Waals surface area contributed by atoms with E-state index in [9.17, 15) is 0 Å². The molecule has 1 fully saturated rings. The first kappa shape index (κ1) is 15.0. The number of nitrogens with zero attached hydrogens (tertiary/aromatic N) is 3. The van der Waals surface area contributed by atoms with Crippen molar-refractivity contribution < 1.29 is 4.74 Å². The Morgan fingerprint density at radius 3 is 3.23 bits per heavy atom. The smallest absolute Gasteiger partial charge is 0.142 e. The molecular formula is C16H23N5O. The van der Waals surface area contributed by atoms with Gasteiger partial charge in [0.2, 0.25) is 0 Å². The summed E-state index contributed by atoms with van der Waals surface area (Å²) in [4.78, 5) is 4.19. The molecule has 6 heteroatoms. The Labute approximate surface area is 130 Å². The van der Waals surface area contributed by atoms with E-state index in [1.54, 1.807) is 6.20 Å². The van der Waals surface area contributed by atoms with Crippen LogP contribution in [0.2, 0.25) is 0 Å². The summed E-state index contributed by atoms with van der Waals surface area (Å²) in [5.74, 6) is 0.884. The maximum Gasteiger partial charge on any atom is 0.142 e. The standard InChI is InChI=1S/C16H23N5O/c1-13(12-21-8-2-5-20-21)19-9-14-3-6-18-11-16(14)22-15-4-7-17-10-15/h2-3,5-6,8,11,13,15,17,19H,4,7,9-10,12H2,1H3/t13?,15-/m0/s1. The van der Waals surface area contributed by atoms with Crippen molar-refractivity contribution in [1.29, 1.82) is 0 Å². The summed E-state index contributed by atoms with van der Waals surface area (Å²) < 4.78 is 8.00. The van der Waals surface area contributed by atoms with Crippen LogP contribution in [-0.2, 0) is 13.1 Å². The highest BCUT2D eigenvalue weighted by Crippen LogP contribution is 2.19. The number of hydrogen-bond donors (Lipinski definition) is 2. The van der Waals surface area contributed by atoms with Crippen molar-refractivity contribution in [1.82, 2.24) is 25.4 Å². The van der Waals surface area contributed by atoms with Crippen molar-refractivity contribution in [3.63, 3.8) is 0 Å². The second-order valence-corrected chi connectivity index (χ2v) is 5.73. The van der Waals surface area contributed by atoms with Gasteiger partial charge in [-0.25, -0.2) is 0 Å². The van der Waals surface area contributed by atoms with Crippen LogP contribution in [0.3, 0.4) is 0 Å². The van der Waals surface area contributed by atoms with Gasteiger partial charge >= 0.3 is 0 Å². The molecule has 0 aromatic carbocycles. The van der Waals surface area contributed by atoms with Crippen LogP contribution in [0.4, 0.5) is 0 Å². The molecule has 6 nitrogen and oxygen atoms in total. The zero-order chi connectivity index (χ0) is 15.2. The molecule has 1 saturated heterocycles. The Hall–Kier alpha value is -1.92. The van der Waals surface area contributed by atoms with Crippen LogP contribution in [0, 0.1) is 0 Å². The number of pyridine rings is 1. The molecule has 0 saturated carbocycles. The van der Waals surface area contributed by atoms with Crippen molar-refractivity contribution in [3.8, 4) is 5.75 Å². The Morgan fingerprint density at radius 2 is 2.45 bits per heavy atom. The minimum absolute atomic E-state index is 0.254. The SMILES string of the molecule is CC(Cn1cccn1)NCc1ccncc1O[C@H]1CCNC1. The second kappa shape index (κ2) is 7.38. The molecule has 2 aromatic heterocycles. The van der Waals surface area contributed by atoms with Crippen LogP contribution in [0.5, 0.6) is 5.75 Å². The molecule has 0 spiro atoms. The van der Waals surface area contributed by atoms with Gasteiger partial charge in [-0.2, -0.15) is 5.10 Å².